The Bertz CT molecular complexity index is 586. The van der Waals surface area contributed by atoms with Crippen molar-refractivity contribution in [3.05, 3.63) is 61.6 Å². The van der Waals surface area contributed by atoms with Crippen LogP contribution in [0.3, 0.4) is 0 Å². The van der Waals surface area contributed by atoms with E-state index in [4.69, 9.17) is 0 Å². The van der Waals surface area contributed by atoms with Crippen LogP contribution in [0.25, 0.3) is 0 Å². The van der Waals surface area contributed by atoms with Crippen LogP contribution in [-0.4, -0.2) is 10.8 Å². The Morgan fingerprint density at radius 2 is 2.11 bits per heavy atom. The number of halogens is 3. The minimum absolute atomic E-state index is 0.0609. The van der Waals surface area contributed by atoms with E-state index in [9.17, 15) is 9.18 Å². The highest BCUT2D eigenvalue weighted by molar-refractivity contribution is 14.1. The zero-order chi connectivity index (χ0) is 13.1. The number of ketones is 1. The average Bonchev–Trinajstić information content (AvgIpc) is 2.32. The van der Waals surface area contributed by atoms with Crippen molar-refractivity contribution in [1.82, 2.24) is 4.98 Å². The summed E-state index contributed by atoms with van der Waals surface area (Å²) in [6, 6.07) is 7.79. The monoisotopic (exact) mass is 419 g/mol. The van der Waals surface area contributed by atoms with Crippen LogP contribution in [0.1, 0.15) is 16.1 Å². The fourth-order valence-corrected chi connectivity index (χ4v) is 2.50. The van der Waals surface area contributed by atoms with Crippen LogP contribution in [0.2, 0.25) is 0 Å². The summed E-state index contributed by atoms with van der Waals surface area (Å²) in [5.41, 5.74) is 1.23. The second kappa shape index (κ2) is 5.88. The Morgan fingerprint density at radius 3 is 2.72 bits per heavy atom. The van der Waals surface area contributed by atoms with Gasteiger partial charge in [-0.2, -0.15) is 0 Å². The van der Waals surface area contributed by atoms with E-state index in [0.29, 0.717) is 14.8 Å². The molecule has 0 saturated carbocycles. The van der Waals surface area contributed by atoms with Gasteiger partial charge in [-0.05, 0) is 68.9 Å². The minimum Gasteiger partial charge on any atom is -0.294 e. The number of hydrogen-bond donors (Lipinski definition) is 0. The zero-order valence-electron chi connectivity index (χ0n) is 9.16. The van der Waals surface area contributed by atoms with E-state index < -0.39 is 0 Å². The molecule has 0 spiro atoms. The molecule has 1 aromatic heterocycles. The van der Waals surface area contributed by atoms with Gasteiger partial charge in [-0.25, -0.2) is 4.39 Å². The summed E-state index contributed by atoms with van der Waals surface area (Å²) in [5, 5.41) is 0. The molecule has 0 amide bonds. The van der Waals surface area contributed by atoms with Crippen molar-refractivity contribution in [2.75, 3.05) is 0 Å². The van der Waals surface area contributed by atoms with Crippen molar-refractivity contribution in [3.8, 4) is 0 Å². The van der Waals surface area contributed by atoms with Crippen molar-refractivity contribution in [1.29, 1.82) is 0 Å². The first-order valence-corrected chi connectivity index (χ1v) is 7.02. The molecule has 0 radical (unpaired) electrons. The second-order valence-electron chi connectivity index (χ2n) is 3.69. The smallest absolute Gasteiger partial charge is 0.169 e. The molecule has 2 nitrogen and oxygen atoms in total. The van der Waals surface area contributed by atoms with Crippen molar-refractivity contribution in [3.63, 3.8) is 0 Å². The van der Waals surface area contributed by atoms with Gasteiger partial charge < -0.3 is 0 Å². The summed E-state index contributed by atoms with van der Waals surface area (Å²) in [6.45, 7) is 0. The van der Waals surface area contributed by atoms with E-state index in [1.807, 2.05) is 28.7 Å². The Morgan fingerprint density at radius 1 is 1.33 bits per heavy atom. The van der Waals surface area contributed by atoms with Crippen molar-refractivity contribution < 1.29 is 9.18 Å². The molecule has 0 aliphatic carbocycles. The summed E-state index contributed by atoms with van der Waals surface area (Å²) >= 11 is 5.25. The highest BCUT2D eigenvalue weighted by atomic mass is 127. The normalized spacial score (nSPS) is 10.4. The van der Waals surface area contributed by atoms with Gasteiger partial charge in [-0.1, -0.05) is 0 Å². The molecular weight excluding hydrogens is 412 g/mol. The first kappa shape index (κ1) is 13.6. The molecule has 0 aliphatic heterocycles. The summed E-state index contributed by atoms with van der Waals surface area (Å²) in [6.07, 6.45) is 1.87. The molecule has 0 atom stereocenters. The number of pyridine rings is 1. The van der Waals surface area contributed by atoms with Gasteiger partial charge in [0.05, 0.1) is 6.42 Å². The number of Topliss-reactive ketones (excluding diaryl/α,β-unsaturated/α-hetero) is 1. The maximum atomic E-state index is 12.9. The lowest BCUT2D eigenvalue weighted by Gasteiger charge is -2.04. The standard InChI is InChI=1S/C13H8BrFINO/c14-8-1-3-10(17-7-8)6-13(18)11-4-2-9(15)5-12(11)16/h1-5,7H,6H2. The maximum absolute atomic E-state index is 12.9. The molecule has 0 unspecified atom stereocenters. The first-order valence-electron chi connectivity index (χ1n) is 5.15. The third-order valence-corrected chi connectivity index (χ3v) is 3.72. The van der Waals surface area contributed by atoms with Gasteiger partial charge in [0.25, 0.3) is 0 Å². The Labute approximate surface area is 126 Å². The van der Waals surface area contributed by atoms with Crippen LogP contribution in [0, 0.1) is 9.39 Å². The van der Waals surface area contributed by atoms with E-state index in [2.05, 4.69) is 20.9 Å². The van der Waals surface area contributed by atoms with Crippen LogP contribution < -0.4 is 0 Å². The lowest BCUT2D eigenvalue weighted by atomic mass is 10.1. The van der Waals surface area contributed by atoms with Gasteiger partial charge in [-0.15, -0.1) is 0 Å². The fourth-order valence-electron chi connectivity index (χ4n) is 1.49. The van der Waals surface area contributed by atoms with E-state index in [-0.39, 0.29) is 18.0 Å². The zero-order valence-corrected chi connectivity index (χ0v) is 12.9. The molecule has 2 aromatic rings. The predicted molar refractivity (Wildman–Crippen MR) is 79.1 cm³/mol. The van der Waals surface area contributed by atoms with E-state index in [1.165, 1.54) is 18.2 Å². The second-order valence-corrected chi connectivity index (χ2v) is 5.77. The van der Waals surface area contributed by atoms with Crippen LogP contribution >= 0.6 is 38.5 Å². The molecule has 5 heteroatoms. The highest BCUT2D eigenvalue weighted by Crippen LogP contribution is 2.16. The molecule has 0 aliphatic rings. The van der Waals surface area contributed by atoms with Crippen molar-refractivity contribution >= 4 is 44.3 Å². The Balaban J connectivity index is 2.19. The molecule has 0 fully saturated rings. The first-order chi connectivity index (χ1) is 8.56. The van der Waals surface area contributed by atoms with Gasteiger partial charge in [0.1, 0.15) is 5.82 Å². The number of aromatic nitrogens is 1. The Hall–Kier alpha value is -0.820. The maximum Gasteiger partial charge on any atom is 0.169 e. The molecule has 92 valence electrons. The van der Waals surface area contributed by atoms with E-state index in [1.54, 1.807) is 12.3 Å². The topological polar surface area (TPSA) is 30.0 Å². The molecule has 0 N–H and O–H groups in total. The number of nitrogens with zero attached hydrogens (tertiary/aromatic N) is 1. The molecule has 18 heavy (non-hydrogen) atoms. The SMILES string of the molecule is O=C(Cc1ccc(Br)cn1)c1ccc(F)cc1I. The van der Waals surface area contributed by atoms with Crippen LogP contribution in [0.5, 0.6) is 0 Å². The fraction of sp³-hybridized carbons (Fsp3) is 0.0769. The minimum atomic E-state index is -0.335. The average molecular weight is 420 g/mol. The van der Waals surface area contributed by atoms with Crippen LogP contribution in [0.15, 0.2) is 41.0 Å². The molecule has 0 bridgehead atoms. The molecular formula is C13H8BrFINO. The molecule has 1 aromatic carbocycles. The lowest BCUT2D eigenvalue weighted by molar-refractivity contribution is 0.0991. The summed E-state index contributed by atoms with van der Waals surface area (Å²) < 4.78 is 14.4. The van der Waals surface area contributed by atoms with Crippen molar-refractivity contribution in [2.24, 2.45) is 0 Å². The van der Waals surface area contributed by atoms with Gasteiger partial charge in [0, 0.05) is 25.5 Å². The van der Waals surface area contributed by atoms with E-state index >= 15 is 0 Å². The number of rotatable bonds is 3. The lowest BCUT2D eigenvalue weighted by Crippen LogP contribution is -2.07. The van der Waals surface area contributed by atoms with E-state index in [0.717, 1.165) is 4.47 Å². The summed E-state index contributed by atoms with van der Waals surface area (Å²) in [7, 11) is 0. The number of carbonyl (C=O) groups excluding carboxylic acids is 1. The van der Waals surface area contributed by atoms with Gasteiger partial charge in [0.15, 0.2) is 5.78 Å². The summed E-state index contributed by atoms with van der Waals surface area (Å²) in [4.78, 5) is 16.2. The molecule has 1 heterocycles. The molecule has 2 rings (SSSR count). The van der Waals surface area contributed by atoms with Gasteiger partial charge in [-0.3, -0.25) is 9.78 Å². The third kappa shape index (κ3) is 3.35. The van der Waals surface area contributed by atoms with Crippen molar-refractivity contribution in [2.45, 2.75) is 6.42 Å². The van der Waals surface area contributed by atoms with Gasteiger partial charge in [0.2, 0.25) is 0 Å². The number of hydrogen-bond acceptors (Lipinski definition) is 2. The quantitative estimate of drug-likeness (QED) is 0.555. The van der Waals surface area contributed by atoms with Crippen LogP contribution in [-0.2, 0) is 6.42 Å². The summed E-state index contributed by atoms with van der Waals surface area (Å²) in [5.74, 6) is -0.396. The van der Waals surface area contributed by atoms with Crippen LogP contribution in [0.4, 0.5) is 4.39 Å². The molecule has 0 saturated heterocycles. The number of benzene rings is 1. The third-order valence-electron chi connectivity index (χ3n) is 2.36. The van der Waals surface area contributed by atoms with Gasteiger partial charge >= 0.3 is 0 Å². The highest BCUT2D eigenvalue weighted by Gasteiger charge is 2.12. The number of carbonyl (C=O) groups is 1. The largest absolute Gasteiger partial charge is 0.294 e. The predicted octanol–water partition coefficient (Wildman–Crippen LogP) is 4.01. The Kier molecular flexibility index (Phi) is 4.45.